The van der Waals surface area contributed by atoms with Crippen molar-refractivity contribution in [2.75, 3.05) is 6.16 Å². The normalized spacial score (nSPS) is 12.6. The first-order valence-electron chi connectivity index (χ1n) is 8.58. The quantitative estimate of drug-likeness (QED) is 0.251. The van der Waals surface area contributed by atoms with Crippen LogP contribution in [0, 0.1) is 0 Å². The first-order valence-corrected chi connectivity index (χ1v) is 13.5. The summed E-state index contributed by atoms with van der Waals surface area (Å²) in [6.07, 6.45) is 1.53. The van der Waals surface area contributed by atoms with Gasteiger partial charge in [0, 0.05) is 0 Å². The van der Waals surface area contributed by atoms with E-state index in [2.05, 4.69) is 29.0 Å². The van der Waals surface area contributed by atoms with Crippen molar-refractivity contribution in [1.29, 1.82) is 0 Å². The Labute approximate surface area is 168 Å². The van der Waals surface area contributed by atoms with Gasteiger partial charge in [0.05, 0.1) is 0 Å². The van der Waals surface area contributed by atoms with Crippen molar-refractivity contribution >= 4 is 27.0 Å². The van der Waals surface area contributed by atoms with E-state index in [1.54, 1.807) is 0 Å². The first-order chi connectivity index (χ1) is 12.6. The zero-order valence-electron chi connectivity index (χ0n) is 14.6. The van der Waals surface area contributed by atoms with Crippen LogP contribution in [0.1, 0.15) is 13.3 Å². The molecule has 0 aliphatic carbocycles. The second-order valence-electron chi connectivity index (χ2n) is 5.87. The van der Waals surface area contributed by atoms with Gasteiger partial charge in [-0.25, -0.2) is 0 Å². The van der Waals surface area contributed by atoms with E-state index in [1.807, 2.05) is 91.0 Å². The standard InChI is InChI=1S/C21H22IO3P/c1-2-18-26(22,23-19-12-6-3-7-13-19,24-20-14-8-4-9-15-20)25-21-16-10-5-11-17-21/h3-17H,2,18H2,1H3. The predicted octanol–water partition coefficient (Wildman–Crippen LogP) is 7.28. The van der Waals surface area contributed by atoms with E-state index in [4.69, 9.17) is 13.6 Å². The van der Waals surface area contributed by atoms with Crippen LogP contribution in [-0.4, -0.2) is 6.16 Å². The molecule has 0 N–H and O–H groups in total. The molecule has 0 amide bonds. The van der Waals surface area contributed by atoms with Gasteiger partial charge >= 0.3 is 168 Å². The Bertz CT molecular complexity index is 708. The van der Waals surface area contributed by atoms with Crippen LogP contribution in [0.5, 0.6) is 17.2 Å². The van der Waals surface area contributed by atoms with E-state index in [1.165, 1.54) is 0 Å². The van der Waals surface area contributed by atoms with Gasteiger partial charge in [-0.2, -0.15) is 0 Å². The second-order valence-corrected chi connectivity index (χ2v) is 14.3. The molecule has 3 aromatic carbocycles. The van der Waals surface area contributed by atoms with Crippen LogP contribution in [0.3, 0.4) is 0 Å². The molecule has 3 rings (SSSR count). The molecule has 0 radical (unpaired) electrons. The molecular weight excluding hydrogens is 458 g/mol. The summed E-state index contributed by atoms with van der Waals surface area (Å²) >= 11 is 2.28. The third-order valence-electron chi connectivity index (χ3n) is 3.65. The number of rotatable bonds is 8. The second kappa shape index (κ2) is 8.28. The number of benzene rings is 3. The third-order valence-corrected chi connectivity index (χ3v) is 9.71. The Balaban J connectivity index is 2.04. The van der Waals surface area contributed by atoms with Crippen molar-refractivity contribution in [3.63, 3.8) is 0 Å². The molecule has 0 aliphatic heterocycles. The number of halogens is 1. The molecule has 0 spiro atoms. The van der Waals surface area contributed by atoms with Crippen molar-refractivity contribution < 1.29 is 13.6 Å². The fourth-order valence-electron chi connectivity index (χ4n) is 2.60. The van der Waals surface area contributed by atoms with Gasteiger partial charge in [0.25, 0.3) is 0 Å². The molecular formula is C21H22IO3P. The van der Waals surface area contributed by atoms with E-state index in [9.17, 15) is 0 Å². The topological polar surface area (TPSA) is 27.7 Å². The summed E-state index contributed by atoms with van der Waals surface area (Å²) in [5, 5.41) is 0. The van der Waals surface area contributed by atoms with Gasteiger partial charge in [-0.05, 0) is 0 Å². The molecule has 136 valence electrons. The summed E-state index contributed by atoms with van der Waals surface area (Å²) in [5.74, 6) is 2.21. The summed E-state index contributed by atoms with van der Waals surface area (Å²) in [5.41, 5.74) is 0. The number of hydrogen-bond acceptors (Lipinski definition) is 3. The Kier molecular flexibility index (Phi) is 6.05. The van der Waals surface area contributed by atoms with Crippen molar-refractivity contribution in [3.05, 3.63) is 91.0 Å². The van der Waals surface area contributed by atoms with Crippen molar-refractivity contribution in [2.45, 2.75) is 13.3 Å². The van der Waals surface area contributed by atoms with Crippen LogP contribution in [0.2, 0.25) is 0 Å². The fraction of sp³-hybridized carbons (Fsp3) is 0.143. The first kappa shape index (κ1) is 19.0. The van der Waals surface area contributed by atoms with Crippen molar-refractivity contribution in [1.82, 2.24) is 0 Å². The van der Waals surface area contributed by atoms with Crippen LogP contribution < -0.4 is 13.6 Å². The zero-order chi connectivity index (χ0) is 18.3. The number of hydrogen-bond donors (Lipinski definition) is 0. The summed E-state index contributed by atoms with van der Waals surface area (Å²) in [6, 6.07) is 29.2. The van der Waals surface area contributed by atoms with E-state index in [0.717, 1.165) is 23.7 Å². The molecule has 5 heteroatoms. The molecule has 0 saturated heterocycles. The summed E-state index contributed by atoms with van der Waals surface area (Å²) in [6.45, 7) is 2.11. The molecule has 0 bridgehead atoms. The molecule has 0 heterocycles. The molecule has 26 heavy (non-hydrogen) atoms. The van der Waals surface area contributed by atoms with Crippen molar-refractivity contribution in [3.8, 4) is 17.2 Å². The van der Waals surface area contributed by atoms with Gasteiger partial charge in [-0.1, -0.05) is 0 Å². The minimum absolute atomic E-state index is 0.658. The van der Waals surface area contributed by atoms with Crippen LogP contribution in [-0.2, 0) is 0 Å². The van der Waals surface area contributed by atoms with E-state index < -0.39 is 4.93 Å². The molecule has 0 saturated carbocycles. The molecule has 0 aliphatic rings. The van der Waals surface area contributed by atoms with E-state index >= 15 is 0 Å². The van der Waals surface area contributed by atoms with Gasteiger partial charge in [-0.3, -0.25) is 0 Å². The average Bonchev–Trinajstić information content (AvgIpc) is 2.64. The van der Waals surface area contributed by atoms with Gasteiger partial charge < -0.3 is 0 Å². The zero-order valence-corrected chi connectivity index (χ0v) is 17.7. The molecule has 0 aromatic heterocycles. The fourth-order valence-corrected chi connectivity index (χ4v) is 8.76. The average molecular weight is 480 g/mol. The molecule has 3 nitrogen and oxygen atoms in total. The monoisotopic (exact) mass is 480 g/mol. The summed E-state index contributed by atoms with van der Waals surface area (Å²) in [4.78, 5) is -3.55. The summed E-state index contributed by atoms with van der Waals surface area (Å²) in [7, 11) is 0. The van der Waals surface area contributed by atoms with E-state index in [0.29, 0.717) is 6.16 Å². The Hall–Kier alpha value is -1.78. The Morgan fingerprint density at radius 3 is 1.19 bits per heavy atom. The van der Waals surface area contributed by atoms with Gasteiger partial charge in [0.2, 0.25) is 0 Å². The van der Waals surface area contributed by atoms with Gasteiger partial charge in [0.1, 0.15) is 0 Å². The van der Waals surface area contributed by atoms with Crippen LogP contribution in [0.4, 0.5) is 0 Å². The van der Waals surface area contributed by atoms with Gasteiger partial charge in [0.15, 0.2) is 0 Å². The Morgan fingerprint density at radius 2 is 0.923 bits per heavy atom. The van der Waals surface area contributed by atoms with Crippen LogP contribution >= 0.6 is 27.0 Å². The molecule has 0 atom stereocenters. The SMILES string of the molecule is CCCP(I)(Oc1ccccc1)(Oc1ccccc1)Oc1ccccc1. The van der Waals surface area contributed by atoms with E-state index in [-0.39, 0.29) is 0 Å². The molecule has 3 aromatic rings. The van der Waals surface area contributed by atoms with Gasteiger partial charge in [-0.15, -0.1) is 0 Å². The maximum atomic E-state index is 6.51. The van der Waals surface area contributed by atoms with Crippen LogP contribution in [0.15, 0.2) is 91.0 Å². The number of para-hydroxylation sites is 3. The predicted molar refractivity (Wildman–Crippen MR) is 117 cm³/mol. The molecule has 0 fully saturated rings. The van der Waals surface area contributed by atoms with Crippen molar-refractivity contribution in [2.24, 2.45) is 0 Å². The maximum absolute atomic E-state index is 6.51. The Morgan fingerprint density at radius 1 is 0.615 bits per heavy atom. The minimum atomic E-state index is -3.55. The summed E-state index contributed by atoms with van der Waals surface area (Å²) < 4.78 is 19.5. The van der Waals surface area contributed by atoms with Crippen LogP contribution in [0.25, 0.3) is 0 Å². The molecule has 0 unspecified atom stereocenters. The third kappa shape index (κ3) is 4.89.